The highest BCUT2D eigenvalue weighted by atomic mass is 127. The third-order valence-corrected chi connectivity index (χ3v) is 5.01. The van der Waals surface area contributed by atoms with E-state index in [1.165, 1.54) is 0 Å². The quantitative estimate of drug-likeness (QED) is 0.276. The smallest absolute Gasteiger partial charge is 0.216 e. The number of halogens is 2. The van der Waals surface area contributed by atoms with Crippen LogP contribution < -0.4 is 0 Å². The van der Waals surface area contributed by atoms with E-state index in [2.05, 4.69) is 60.5 Å². The molecule has 0 radical (unpaired) electrons. The number of aromatic hydroxyl groups is 1. The van der Waals surface area contributed by atoms with Crippen LogP contribution in [0.1, 0.15) is 11.1 Å². The van der Waals surface area contributed by atoms with Crippen molar-refractivity contribution in [2.75, 3.05) is 0 Å². The van der Waals surface area contributed by atoms with Crippen molar-refractivity contribution in [2.24, 2.45) is 5.10 Å². The third-order valence-electron chi connectivity index (χ3n) is 3.30. The Kier molecular flexibility index (Phi) is 5.35. The zero-order valence-corrected chi connectivity index (χ0v) is 17.6. The van der Waals surface area contributed by atoms with Gasteiger partial charge in [-0.3, -0.25) is 0 Å². The summed E-state index contributed by atoms with van der Waals surface area (Å²) in [7, 11) is 0. The van der Waals surface area contributed by atoms with E-state index in [0.29, 0.717) is 16.2 Å². The molecule has 0 fully saturated rings. The van der Waals surface area contributed by atoms with Gasteiger partial charge in [-0.25, -0.2) is 5.10 Å². The van der Waals surface area contributed by atoms with Crippen LogP contribution in [0.25, 0.3) is 11.4 Å². The zero-order valence-electron chi connectivity index (χ0n) is 12.5. The number of hydrogen-bond donors (Lipinski definition) is 2. The molecule has 1 heterocycles. The fourth-order valence-electron chi connectivity index (χ4n) is 2.17. The fraction of sp³-hybridized carbons (Fsp3) is 0.0625. The molecule has 0 aliphatic heterocycles. The lowest BCUT2D eigenvalue weighted by atomic mass is 10.1. The number of hydrogen-bond acceptors (Lipinski definition) is 4. The van der Waals surface area contributed by atoms with Crippen LogP contribution in [0.4, 0.5) is 0 Å². The van der Waals surface area contributed by atoms with Gasteiger partial charge in [0.05, 0.1) is 9.78 Å². The Morgan fingerprint density at radius 2 is 2.08 bits per heavy atom. The van der Waals surface area contributed by atoms with E-state index < -0.39 is 0 Å². The molecule has 3 aromatic rings. The average Bonchev–Trinajstić information content (AvgIpc) is 2.90. The summed E-state index contributed by atoms with van der Waals surface area (Å²) in [5, 5.41) is 21.6. The maximum absolute atomic E-state index is 10.2. The summed E-state index contributed by atoms with van der Waals surface area (Å²) in [6, 6.07) is 11.7. The van der Waals surface area contributed by atoms with Gasteiger partial charge in [-0.1, -0.05) is 23.8 Å². The Bertz CT molecular complexity index is 994. The molecule has 0 bridgehead atoms. The van der Waals surface area contributed by atoms with Gasteiger partial charge in [-0.15, -0.1) is 0 Å². The largest absolute Gasteiger partial charge is 0.506 e. The molecule has 0 saturated heterocycles. The zero-order chi connectivity index (χ0) is 17.3. The van der Waals surface area contributed by atoms with Crippen molar-refractivity contribution >= 4 is 63.6 Å². The van der Waals surface area contributed by atoms with Crippen molar-refractivity contribution < 1.29 is 5.11 Å². The van der Waals surface area contributed by atoms with Crippen LogP contribution in [-0.2, 0) is 0 Å². The average molecular weight is 562 g/mol. The first-order chi connectivity index (χ1) is 11.5. The van der Waals surface area contributed by atoms with Crippen molar-refractivity contribution in [1.82, 2.24) is 14.9 Å². The molecule has 1 aromatic heterocycles. The van der Waals surface area contributed by atoms with Crippen LogP contribution in [0, 0.1) is 18.8 Å². The van der Waals surface area contributed by atoms with E-state index in [1.807, 2.05) is 43.3 Å². The highest BCUT2D eigenvalue weighted by molar-refractivity contribution is 14.1. The number of aryl methyl sites for hydroxylation is 1. The van der Waals surface area contributed by atoms with Crippen LogP contribution in [0.5, 0.6) is 5.75 Å². The van der Waals surface area contributed by atoms with Gasteiger partial charge in [0.2, 0.25) is 4.77 Å². The highest BCUT2D eigenvalue weighted by Gasteiger charge is 2.09. The standard InChI is InChI=1S/C16H12I2N4OS/c1-9-3-2-4-10(5-9)15-20-21-16(24)22(15)19-8-11-6-12(17)7-13(18)14(11)23/h2-8,23H,1H3,(H,21,24). The number of H-pyrrole nitrogens is 1. The van der Waals surface area contributed by atoms with Crippen molar-refractivity contribution in [1.29, 1.82) is 0 Å². The third kappa shape index (κ3) is 3.70. The maximum Gasteiger partial charge on any atom is 0.216 e. The minimum Gasteiger partial charge on any atom is -0.506 e. The van der Waals surface area contributed by atoms with Gasteiger partial charge in [0.1, 0.15) is 5.75 Å². The summed E-state index contributed by atoms with van der Waals surface area (Å²) in [6.45, 7) is 2.02. The topological polar surface area (TPSA) is 66.2 Å². The number of phenols is 1. The molecule has 122 valence electrons. The van der Waals surface area contributed by atoms with Crippen molar-refractivity contribution in [3.05, 3.63) is 59.4 Å². The maximum atomic E-state index is 10.2. The van der Waals surface area contributed by atoms with Gasteiger partial charge in [0.15, 0.2) is 5.82 Å². The predicted octanol–water partition coefficient (Wildman–Crippen LogP) is 4.71. The van der Waals surface area contributed by atoms with Crippen molar-refractivity contribution in [3.8, 4) is 17.1 Å². The lowest BCUT2D eigenvalue weighted by molar-refractivity contribution is 0.470. The first kappa shape index (κ1) is 17.5. The molecule has 0 aliphatic rings. The minimum absolute atomic E-state index is 0.201. The Hall–Kier alpha value is -1.27. The van der Waals surface area contributed by atoms with Gasteiger partial charge in [-0.05, 0) is 82.5 Å². The molecule has 2 N–H and O–H groups in total. The molecular formula is C16H12I2N4OS. The first-order valence-electron chi connectivity index (χ1n) is 6.92. The fourth-order valence-corrected chi connectivity index (χ4v) is 4.24. The SMILES string of the molecule is Cc1cccc(-c2n[nH]c(=S)n2N=Cc2cc(I)cc(I)c2O)c1. The van der Waals surface area contributed by atoms with Crippen LogP contribution >= 0.6 is 57.4 Å². The molecule has 8 heteroatoms. The molecular weight excluding hydrogens is 550 g/mol. The molecule has 0 saturated carbocycles. The second-order valence-corrected chi connectivity index (χ2v) is 7.90. The van der Waals surface area contributed by atoms with Crippen molar-refractivity contribution in [3.63, 3.8) is 0 Å². The van der Waals surface area contributed by atoms with Gasteiger partial charge in [0, 0.05) is 14.7 Å². The number of aromatic amines is 1. The summed E-state index contributed by atoms with van der Waals surface area (Å²) in [5.74, 6) is 0.826. The number of aromatic nitrogens is 3. The molecule has 3 rings (SSSR count). The number of nitrogens with one attached hydrogen (secondary N) is 1. The first-order valence-corrected chi connectivity index (χ1v) is 9.49. The Morgan fingerprint density at radius 1 is 1.29 bits per heavy atom. The van der Waals surface area contributed by atoms with E-state index in [1.54, 1.807) is 10.9 Å². The summed E-state index contributed by atoms with van der Waals surface area (Å²) in [5.41, 5.74) is 2.67. The Morgan fingerprint density at radius 3 is 2.83 bits per heavy atom. The van der Waals surface area contributed by atoms with Crippen LogP contribution in [-0.4, -0.2) is 26.2 Å². The molecule has 0 spiro atoms. The summed E-state index contributed by atoms with van der Waals surface area (Å²) < 4.78 is 3.74. The molecule has 5 nitrogen and oxygen atoms in total. The lowest BCUT2D eigenvalue weighted by Crippen LogP contribution is -1.96. The number of phenolic OH excluding ortho intramolecular Hbond substituents is 1. The van der Waals surface area contributed by atoms with Gasteiger partial charge in [0.25, 0.3) is 0 Å². The Labute approximate surface area is 171 Å². The summed E-state index contributed by atoms with van der Waals surface area (Å²) in [6.07, 6.45) is 1.59. The summed E-state index contributed by atoms with van der Waals surface area (Å²) >= 11 is 9.57. The van der Waals surface area contributed by atoms with E-state index in [9.17, 15) is 5.11 Å². The second-order valence-electron chi connectivity index (χ2n) is 5.10. The minimum atomic E-state index is 0.201. The van der Waals surface area contributed by atoms with Crippen LogP contribution in [0.3, 0.4) is 0 Å². The molecule has 0 amide bonds. The van der Waals surface area contributed by atoms with Gasteiger partial charge >= 0.3 is 0 Å². The molecule has 2 aromatic carbocycles. The van der Waals surface area contributed by atoms with Crippen molar-refractivity contribution in [2.45, 2.75) is 6.92 Å². The van der Waals surface area contributed by atoms with E-state index >= 15 is 0 Å². The highest BCUT2D eigenvalue weighted by Crippen LogP contribution is 2.26. The van der Waals surface area contributed by atoms with E-state index in [0.717, 1.165) is 18.3 Å². The second kappa shape index (κ2) is 7.31. The molecule has 24 heavy (non-hydrogen) atoms. The number of rotatable bonds is 3. The van der Waals surface area contributed by atoms with Crippen LogP contribution in [0.15, 0.2) is 41.5 Å². The number of nitrogens with zero attached hydrogens (tertiary/aromatic N) is 3. The molecule has 0 unspecified atom stereocenters. The summed E-state index contributed by atoms with van der Waals surface area (Å²) in [4.78, 5) is 0. The van der Waals surface area contributed by atoms with Gasteiger partial charge in [-0.2, -0.15) is 14.9 Å². The van der Waals surface area contributed by atoms with Crippen LogP contribution in [0.2, 0.25) is 0 Å². The van der Waals surface area contributed by atoms with E-state index in [4.69, 9.17) is 12.2 Å². The number of benzene rings is 2. The Balaban J connectivity index is 2.06. The van der Waals surface area contributed by atoms with E-state index in [-0.39, 0.29) is 5.75 Å². The molecule has 0 atom stereocenters. The van der Waals surface area contributed by atoms with Gasteiger partial charge < -0.3 is 5.11 Å². The molecule has 0 aliphatic carbocycles. The normalized spacial score (nSPS) is 11.3. The lowest BCUT2D eigenvalue weighted by Gasteiger charge is -2.04. The predicted molar refractivity (Wildman–Crippen MR) is 114 cm³/mol. The monoisotopic (exact) mass is 562 g/mol.